The Balaban J connectivity index is 2.25. The molecule has 3 rings (SSSR count). The number of rotatable bonds is 2. The molecule has 0 amide bonds. The Hall–Kier alpha value is -3.33. The standard InChI is InChI=1S/C21H15F3N2O/c1-12-7-15(9-16(8-12)21(22,23)24)18-10-20(26-13(2)19(18)11-25)14-3-5-17(27)6-4-14/h3-10,27H,1-2H3. The Kier molecular flexibility index (Phi) is 4.63. The topological polar surface area (TPSA) is 56.9 Å². The van der Waals surface area contributed by atoms with E-state index in [1.54, 1.807) is 38.1 Å². The fourth-order valence-electron chi connectivity index (χ4n) is 2.92. The van der Waals surface area contributed by atoms with Gasteiger partial charge < -0.3 is 5.11 Å². The first kappa shape index (κ1) is 18.5. The maximum absolute atomic E-state index is 13.2. The number of aryl methyl sites for hydroxylation is 2. The molecule has 1 aromatic heterocycles. The summed E-state index contributed by atoms with van der Waals surface area (Å²) >= 11 is 0. The number of aromatic hydroxyl groups is 1. The van der Waals surface area contributed by atoms with Crippen molar-refractivity contribution in [3.8, 4) is 34.2 Å². The van der Waals surface area contributed by atoms with Crippen LogP contribution in [0.3, 0.4) is 0 Å². The van der Waals surface area contributed by atoms with Crippen molar-refractivity contribution in [2.24, 2.45) is 0 Å². The van der Waals surface area contributed by atoms with Crippen LogP contribution in [0.1, 0.15) is 22.4 Å². The quantitative estimate of drug-likeness (QED) is 0.638. The van der Waals surface area contributed by atoms with Crippen molar-refractivity contribution in [3.05, 3.63) is 70.9 Å². The number of aromatic nitrogens is 1. The Morgan fingerprint density at radius 3 is 2.22 bits per heavy atom. The van der Waals surface area contributed by atoms with Gasteiger partial charge in [-0.25, -0.2) is 0 Å². The average molecular weight is 368 g/mol. The molecule has 0 unspecified atom stereocenters. The van der Waals surface area contributed by atoms with Crippen LogP contribution in [-0.4, -0.2) is 10.1 Å². The highest BCUT2D eigenvalue weighted by atomic mass is 19.4. The summed E-state index contributed by atoms with van der Waals surface area (Å²) < 4.78 is 39.6. The number of alkyl halides is 3. The molecular formula is C21H15F3N2O. The fourth-order valence-corrected chi connectivity index (χ4v) is 2.92. The maximum Gasteiger partial charge on any atom is 0.416 e. The second-order valence-corrected chi connectivity index (χ2v) is 6.26. The molecular weight excluding hydrogens is 353 g/mol. The first-order chi connectivity index (χ1) is 12.7. The lowest BCUT2D eigenvalue weighted by Crippen LogP contribution is -2.06. The summed E-state index contributed by atoms with van der Waals surface area (Å²) in [5, 5.41) is 19.0. The molecule has 0 saturated heterocycles. The molecule has 0 bridgehead atoms. The Labute approximate surface area is 154 Å². The van der Waals surface area contributed by atoms with Gasteiger partial charge in [0.05, 0.1) is 22.5 Å². The van der Waals surface area contributed by atoms with Crippen LogP contribution in [0.4, 0.5) is 13.2 Å². The van der Waals surface area contributed by atoms with Crippen molar-refractivity contribution in [3.63, 3.8) is 0 Å². The van der Waals surface area contributed by atoms with Gasteiger partial charge in [0.1, 0.15) is 11.8 Å². The molecule has 3 aromatic rings. The summed E-state index contributed by atoms with van der Waals surface area (Å²) in [5.74, 6) is 0.0952. The molecule has 6 heteroatoms. The Morgan fingerprint density at radius 2 is 1.63 bits per heavy atom. The molecule has 0 radical (unpaired) electrons. The molecule has 3 nitrogen and oxygen atoms in total. The highest BCUT2D eigenvalue weighted by Crippen LogP contribution is 2.36. The number of nitrogens with zero attached hydrogens (tertiary/aromatic N) is 2. The van der Waals surface area contributed by atoms with E-state index in [4.69, 9.17) is 0 Å². The predicted octanol–water partition coefficient (Wildman–Crippen LogP) is 5.63. The van der Waals surface area contributed by atoms with Crippen LogP contribution in [0.15, 0.2) is 48.5 Å². The van der Waals surface area contributed by atoms with Gasteiger partial charge in [-0.1, -0.05) is 6.07 Å². The lowest BCUT2D eigenvalue weighted by molar-refractivity contribution is -0.137. The summed E-state index contributed by atoms with van der Waals surface area (Å²) in [6.07, 6.45) is -4.48. The van der Waals surface area contributed by atoms with Gasteiger partial charge in [-0.05, 0) is 67.4 Å². The Bertz CT molecular complexity index is 1050. The second kappa shape index (κ2) is 6.76. The monoisotopic (exact) mass is 368 g/mol. The van der Waals surface area contributed by atoms with E-state index in [-0.39, 0.29) is 11.3 Å². The van der Waals surface area contributed by atoms with E-state index in [0.29, 0.717) is 33.6 Å². The van der Waals surface area contributed by atoms with E-state index in [9.17, 15) is 23.5 Å². The molecule has 0 aliphatic carbocycles. The highest BCUT2D eigenvalue weighted by Gasteiger charge is 2.31. The van der Waals surface area contributed by atoms with E-state index >= 15 is 0 Å². The van der Waals surface area contributed by atoms with Crippen LogP contribution in [0, 0.1) is 25.2 Å². The number of halogens is 3. The molecule has 0 spiro atoms. The van der Waals surface area contributed by atoms with Crippen LogP contribution in [0.25, 0.3) is 22.4 Å². The maximum atomic E-state index is 13.2. The molecule has 2 aromatic carbocycles. The molecule has 136 valence electrons. The normalized spacial score (nSPS) is 11.3. The second-order valence-electron chi connectivity index (χ2n) is 6.26. The SMILES string of the molecule is Cc1cc(-c2cc(-c3ccc(O)cc3)nc(C)c2C#N)cc(C(F)(F)F)c1. The van der Waals surface area contributed by atoms with Crippen LogP contribution in [0.5, 0.6) is 5.75 Å². The van der Waals surface area contributed by atoms with Crippen LogP contribution in [0.2, 0.25) is 0 Å². The van der Waals surface area contributed by atoms with Crippen molar-refractivity contribution < 1.29 is 18.3 Å². The zero-order chi connectivity index (χ0) is 19.8. The number of hydrogen-bond donors (Lipinski definition) is 1. The van der Waals surface area contributed by atoms with Gasteiger partial charge in [0.25, 0.3) is 0 Å². The van der Waals surface area contributed by atoms with E-state index < -0.39 is 11.7 Å². The number of phenolic OH excluding ortho intramolecular Hbond substituents is 1. The fraction of sp³-hybridized carbons (Fsp3) is 0.143. The zero-order valence-corrected chi connectivity index (χ0v) is 14.6. The van der Waals surface area contributed by atoms with Gasteiger partial charge in [-0.2, -0.15) is 18.4 Å². The molecule has 27 heavy (non-hydrogen) atoms. The molecule has 0 atom stereocenters. The molecule has 0 saturated carbocycles. The first-order valence-electron chi connectivity index (χ1n) is 8.09. The minimum Gasteiger partial charge on any atom is -0.508 e. The number of phenols is 1. The lowest BCUT2D eigenvalue weighted by Gasteiger charge is -2.14. The lowest BCUT2D eigenvalue weighted by atomic mass is 9.94. The van der Waals surface area contributed by atoms with E-state index in [0.717, 1.165) is 12.1 Å². The third-order valence-corrected chi connectivity index (χ3v) is 4.19. The average Bonchev–Trinajstić information content (AvgIpc) is 2.60. The van der Waals surface area contributed by atoms with Crippen molar-refractivity contribution in [2.45, 2.75) is 20.0 Å². The highest BCUT2D eigenvalue weighted by molar-refractivity contribution is 5.77. The summed E-state index contributed by atoms with van der Waals surface area (Å²) in [5.41, 5.74) is 2.24. The van der Waals surface area contributed by atoms with E-state index in [2.05, 4.69) is 4.98 Å². The van der Waals surface area contributed by atoms with Gasteiger partial charge in [0.2, 0.25) is 0 Å². The number of hydrogen-bond acceptors (Lipinski definition) is 3. The molecule has 0 fully saturated rings. The summed E-state index contributed by atoms with van der Waals surface area (Å²) in [4.78, 5) is 4.40. The third kappa shape index (κ3) is 3.77. The van der Waals surface area contributed by atoms with Crippen LogP contribution < -0.4 is 0 Å². The number of nitriles is 1. The van der Waals surface area contributed by atoms with E-state index in [1.165, 1.54) is 12.1 Å². The predicted molar refractivity (Wildman–Crippen MR) is 96.0 cm³/mol. The molecule has 1 N–H and O–H groups in total. The van der Waals surface area contributed by atoms with Crippen LogP contribution in [-0.2, 0) is 6.18 Å². The minimum atomic E-state index is -4.48. The van der Waals surface area contributed by atoms with Gasteiger partial charge in [0, 0.05) is 11.1 Å². The van der Waals surface area contributed by atoms with E-state index in [1.807, 2.05) is 6.07 Å². The van der Waals surface area contributed by atoms with Gasteiger partial charge in [0.15, 0.2) is 0 Å². The largest absolute Gasteiger partial charge is 0.508 e. The van der Waals surface area contributed by atoms with Crippen molar-refractivity contribution >= 4 is 0 Å². The summed E-state index contributed by atoms with van der Waals surface area (Å²) in [6, 6.07) is 13.7. The van der Waals surface area contributed by atoms with Crippen molar-refractivity contribution in [1.82, 2.24) is 4.98 Å². The van der Waals surface area contributed by atoms with Crippen molar-refractivity contribution in [1.29, 1.82) is 5.26 Å². The number of pyridine rings is 1. The van der Waals surface area contributed by atoms with Crippen molar-refractivity contribution in [2.75, 3.05) is 0 Å². The first-order valence-corrected chi connectivity index (χ1v) is 8.09. The smallest absolute Gasteiger partial charge is 0.416 e. The molecule has 1 heterocycles. The molecule has 0 aliphatic heterocycles. The Morgan fingerprint density at radius 1 is 0.963 bits per heavy atom. The zero-order valence-electron chi connectivity index (χ0n) is 14.6. The van der Waals surface area contributed by atoms with Crippen LogP contribution >= 0.6 is 0 Å². The summed E-state index contributed by atoms with van der Waals surface area (Å²) in [7, 11) is 0. The van der Waals surface area contributed by atoms with Gasteiger partial charge >= 0.3 is 6.18 Å². The van der Waals surface area contributed by atoms with Gasteiger partial charge in [-0.15, -0.1) is 0 Å². The summed E-state index contributed by atoms with van der Waals surface area (Å²) in [6.45, 7) is 3.23. The third-order valence-electron chi connectivity index (χ3n) is 4.19. The molecule has 0 aliphatic rings. The van der Waals surface area contributed by atoms with Gasteiger partial charge in [-0.3, -0.25) is 4.98 Å². The number of benzene rings is 2. The minimum absolute atomic E-state index is 0.0952.